The second-order valence-electron chi connectivity index (χ2n) is 7.64. The molecule has 2 aromatic carbocycles. The summed E-state index contributed by atoms with van der Waals surface area (Å²) in [5.41, 5.74) is 1.25. The topological polar surface area (TPSA) is 68.3 Å². The number of benzene rings is 2. The van der Waals surface area contributed by atoms with Gasteiger partial charge in [0.1, 0.15) is 22.1 Å². The Morgan fingerprint density at radius 3 is 1.97 bits per heavy atom. The highest BCUT2D eigenvalue weighted by Crippen LogP contribution is 2.57. The van der Waals surface area contributed by atoms with Gasteiger partial charge in [-0.15, -0.1) is 11.3 Å². The van der Waals surface area contributed by atoms with Crippen LogP contribution in [0.4, 0.5) is 18.3 Å². The first-order valence-electron chi connectivity index (χ1n) is 10.5. The first kappa shape index (κ1) is 24.2. The highest BCUT2D eigenvalue weighted by molar-refractivity contribution is 7.72. The van der Waals surface area contributed by atoms with Crippen LogP contribution in [0.3, 0.4) is 0 Å². The SMILES string of the molecule is O=C(c1sc(NP2(=O)C=C(c3ccccc3)OC(c3ccccc3)=C2)nc1-c1cccs1)C(F)(F)F. The van der Waals surface area contributed by atoms with Gasteiger partial charge in [0.15, 0.2) is 5.13 Å². The third kappa shape index (κ3) is 5.06. The maximum absolute atomic E-state index is 14.1. The summed E-state index contributed by atoms with van der Waals surface area (Å²) in [6.07, 6.45) is -5.07. The highest BCUT2D eigenvalue weighted by Gasteiger charge is 2.43. The van der Waals surface area contributed by atoms with E-state index in [2.05, 4.69) is 10.1 Å². The van der Waals surface area contributed by atoms with Gasteiger partial charge in [-0.3, -0.25) is 9.36 Å². The zero-order chi connectivity index (χ0) is 25.3. The van der Waals surface area contributed by atoms with Gasteiger partial charge in [-0.1, -0.05) is 78.1 Å². The maximum Gasteiger partial charge on any atom is 0.455 e. The van der Waals surface area contributed by atoms with Gasteiger partial charge < -0.3 is 9.82 Å². The molecule has 0 saturated carbocycles. The van der Waals surface area contributed by atoms with E-state index in [1.54, 1.807) is 41.8 Å². The Labute approximate surface area is 212 Å². The van der Waals surface area contributed by atoms with Gasteiger partial charge >= 0.3 is 6.18 Å². The van der Waals surface area contributed by atoms with Gasteiger partial charge in [0.25, 0.3) is 5.78 Å². The molecule has 0 amide bonds. The van der Waals surface area contributed by atoms with Crippen molar-refractivity contribution in [2.75, 3.05) is 5.09 Å². The molecule has 0 fully saturated rings. The van der Waals surface area contributed by atoms with E-state index in [0.717, 1.165) is 11.3 Å². The lowest BCUT2D eigenvalue weighted by atomic mass is 10.2. The van der Waals surface area contributed by atoms with E-state index in [1.807, 2.05) is 36.4 Å². The minimum Gasteiger partial charge on any atom is -0.456 e. The maximum atomic E-state index is 14.1. The summed E-state index contributed by atoms with van der Waals surface area (Å²) in [6.45, 7) is 0. The molecule has 0 saturated heterocycles. The molecule has 1 aliphatic rings. The predicted octanol–water partition coefficient (Wildman–Crippen LogP) is 8.33. The molecular formula is C25H16F3N2O3PS2. The van der Waals surface area contributed by atoms with E-state index in [9.17, 15) is 22.5 Å². The molecule has 3 heterocycles. The van der Waals surface area contributed by atoms with Gasteiger partial charge in [-0.2, -0.15) is 13.2 Å². The summed E-state index contributed by atoms with van der Waals surface area (Å²) in [7, 11) is -3.57. The van der Waals surface area contributed by atoms with Gasteiger partial charge in [0, 0.05) is 22.8 Å². The lowest BCUT2D eigenvalue weighted by molar-refractivity contribution is -0.0882. The number of halogens is 3. The van der Waals surface area contributed by atoms with Crippen molar-refractivity contribution in [3.63, 3.8) is 0 Å². The minimum absolute atomic E-state index is 0.0662. The highest BCUT2D eigenvalue weighted by atomic mass is 32.1. The molecule has 0 atom stereocenters. The molecule has 2 aromatic heterocycles. The van der Waals surface area contributed by atoms with Crippen molar-refractivity contribution in [2.45, 2.75) is 6.18 Å². The number of carbonyl (C=O) groups is 1. The summed E-state index contributed by atoms with van der Waals surface area (Å²) >= 11 is 1.68. The number of carbonyl (C=O) groups excluding carboxylic acids is 1. The first-order valence-corrected chi connectivity index (χ1v) is 14.0. The fraction of sp³-hybridized carbons (Fsp3) is 0.0400. The number of nitrogens with one attached hydrogen (secondary N) is 1. The van der Waals surface area contributed by atoms with E-state index < -0.39 is 24.1 Å². The van der Waals surface area contributed by atoms with Crippen LogP contribution in [0.1, 0.15) is 20.8 Å². The molecule has 0 radical (unpaired) electrons. The molecule has 4 aromatic rings. The van der Waals surface area contributed by atoms with Crippen molar-refractivity contribution in [3.05, 3.63) is 106 Å². The molecule has 0 spiro atoms. The molecular weight excluding hydrogens is 528 g/mol. The van der Waals surface area contributed by atoms with E-state index >= 15 is 0 Å². The number of anilines is 1. The second-order valence-corrected chi connectivity index (χ2v) is 11.7. The number of hydrogen-bond acceptors (Lipinski definition) is 6. The Kier molecular flexibility index (Phi) is 6.42. The fourth-order valence-corrected chi connectivity index (χ4v) is 7.31. The number of alkyl halides is 3. The van der Waals surface area contributed by atoms with Gasteiger partial charge in [0.2, 0.25) is 7.29 Å². The van der Waals surface area contributed by atoms with Crippen molar-refractivity contribution >= 4 is 52.4 Å². The average molecular weight is 545 g/mol. The monoisotopic (exact) mass is 544 g/mol. The van der Waals surface area contributed by atoms with E-state index in [-0.39, 0.29) is 10.8 Å². The average Bonchev–Trinajstić information content (AvgIpc) is 3.53. The summed E-state index contributed by atoms with van der Waals surface area (Å²) in [5.74, 6) is 1.48. The van der Waals surface area contributed by atoms with Crippen molar-refractivity contribution in [1.82, 2.24) is 4.98 Å². The summed E-state index contributed by atoms with van der Waals surface area (Å²) in [4.78, 5) is 16.2. The Morgan fingerprint density at radius 2 is 1.47 bits per heavy atom. The van der Waals surface area contributed by atoms with Crippen molar-refractivity contribution in [3.8, 4) is 10.6 Å². The summed E-state index contributed by atoms with van der Waals surface area (Å²) < 4.78 is 60.0. The molecule has 1 aliphatic heterocycles. The molecule has 0 unspecified atom stereocenters. The molecule has 0 bridgehead atoms. The number of hydrogen-bond donors (Lipinski definition) is 1. The van der Waals surface area contributed by atoms with Crippen LogP contribution in [0.2, 0.25) is 0 Å². The molecule has 1 N–H and O–H groups in total. The Balaban J connectivity index is 1.59. The minimum atomic E-state index is -5.07. The number of Topliss-reactive ketones (excluding diaryl/α,β-unsaturated/α-hetero) is 1. The van der Waals surface area contributed by atoms with Crippen molar-refractivity contribution in [1.29, 1.82) is 0 Å². The first-order chi connectivity index (χ1) is 17.2. The number of ether oxygens (including phenoxy) is 1. The predicted molar refractivity (Wildman–Crippen MR) is 137 cm³/mol. The Bertz CT molecular complexity index is 1450. The van der Waals surface area contributed by atoms with Gasteiger partial charge in [-0.05, 0) is 11.4 Å². The Morgan fingerprint density at radius 1 is 0.889 bits per heavy atom. The second kappa shape index (κ2) is 9.54. The van der Waals surface area contributed by atoms with Crippen LogP contribution in [0.15, 0.2) is 89.8 Å². The number of nitrogens with zero attached hydrogens (tertiary/aromatic N) is 1. The number of aromatic nitrogens is 1. The van der Waals surface area contributed by atoms with Crippen molar-refractivity contribution in [2.24, 2.45) is 0 Å². The molecule has 5 rings (SSSR count). The van der Waals surface area contributed by atoms with Crippen LogP contribution >= 0.6 is 30.0 Å². The van der Waals surface area contributed by atoms with Crippen LogP contribution < -0.4 is 5.09 Å². The zero-order valence-corrected chi connectivity index (χ0v) is 20.8. The standard InChI is InChI=1S/C25H16F3N2O3PS2/c26-25(27,28)23(31)22-21(20-12-7-13-35-20)29-24(36-22)30-34(32)14-18(16-8-3-1-4-9-16)33-19(15-34)17-10-5-2-6-11-17/h1-15H,(H,29,30,32). The number of ketones is 1. The van der Waals surface area contributed by atoms with E-state index in [4.69, 9.17) is 4.74 Å². The molecule has 0 aliphatic carbocycles. The Hall–Kier alpha value is -3.46. The zero-order valence-electron chi connectivity index (χ0n) is 18.2. The molecule has 11 heteroatoms. The van der Waals surface area contributed by atoms with Crippen molar-refractivity contribution < 1.29 is 27.3 Å². The number of rotatable bonds is 6. The third-order valence-electron chi connectivity index (χ3n) is 5.07. The van der Waals surface area contributed by atoms with E-state index in [1.165, 1.54) is 11.6 Å². The van der Waals surface area contributed by atoms with Crippen LogP contribution in [0, 0.1) is 0 Å². The molecule has 182 valence electrons. The van der Waals surface area contributed by atoms with E-state index in [0.29, 0.717) is 38.9 Å². The number of thiazole rings is 1. The summed E-state index contributed by atoms with van der Waals surface area (Å²) in [6, 6.07) is 21.3. The van der Waals surface area contributed by atoms with Gasteiger partial charge in [0.05, 0.1) is 4.88 Å². The van der Waals surface area contributed by atoms with Gasteiger partial charge in [-0.25, -0.2) is 4.98 Å². The van der Waals surface area contributed by atoms with Crippen LogP contribution in [0.25, 0.3) is 22.1 Å². The van der Waals surface area contributed by atoms with Crippen LogP contribution in [-0.2, 0) is 9.30 Å². The molecule has 36 heavy (non-hydrogen) atoms. The normalized spacial score (nSPS) is 15.0. The lowest BCUT2D eigenvalue weighted by Crippen LogP contribution is -2.22. The van der Waals surface area contributed by atoms with Crippen LogP contribution in [0.5, 0.6) is 0 Å². The lowest BCUT2D eigenvalue weighted by Gasteiger charge is -2.23. The third-order valence-corrected chi connectivity index (χ3v) is 8.87. The smallest absolute Gasteiger partial charge is 0.455 e. The quantitative estimate of drug-likeness (QED) is 0.195. The van der Waals surface area contributed by atoms with Crippen LogP contribution in [-0.4, -0.2) is 16.9 Å². The molecule has 5 nitrogen and oxygen atoms in total. The largest absolute Gasteiger partial charge is 0.456 e. The number of thiophene rings is 1. The summed E-state index contributed by atoms with van der Waals surface area (Å²) in [5, 5.41) is 4.41. The fourth-order valence-electron chi connectivity index (χ4n) is 3.47.